The Balaban J connectivity index is 2.49. The van der Waals surface area contributed by atoms with Crippen LogP contribution in [-0.2, 0) is 23.9 Å². The molecule has 0 aliphatic heterocycles. The van der Waals surface area contributed by atoms with Gasteiger partial charge >= 0.3 is 0 Å². The van der Waals surface area contributed by atoms with E-state index >= 15 is 0 Å². The van der Waals surface area contributed by atoms with Gasteiger partial charge in [0.25, 0.3) is 0 Å². The van der Waals surface area contributed by atoms with E-state index < -0.39 is 10.8 Å². The van der Waals surface area contributed by atoms with Crippen LogP contribution in [0, 0.1) is 0 Å². The van der Waals surface area contributed by atoms with Crippen molar-refractivity contribution in [2.24, 2.45) is 0 Å². The molecule has 0 aromatic carbocycles. The maximum absolute atomic E-state index is 10.9. The molecule has 0 aliphatic rings. The minimum Gasteiger partial charge on any atom is -0.332 e. The fraction of sp³-hybridized carbons (Fsp3) is 0.667. The quantitative estimate of drug-likeness (QED) is 0.746. The largest absolute Gasteiger partial charge is 0.332 e. The first-order valence-corrected chi connectivity index (χ1v) is 6.46. The van der Waals surface area contributed by atoms with E-state index in [2.05, 4.69) is 17.2 Å². The van der Waals surface area contributed by atoms with Crippen LogP contribution < -0.4 is 5.32 Å². The summed E-state index contributed by atoms with van der Waals surface area (Å²) < 4.78 is 13.0. The third kappa shape index (κ3) is 3.59. The van der Waals surface area contributed by atoms with E-state index in [0.29, 0.717) is 5.75 Å². The monoisotopic (exact) mass is 215 g/mol. The van der Waals surface area contributed by atoms with Crippen molar-refractivity contribution in [3.05, 3.63) is 18.2 Å². The molecule has 1 rings (SSSR count). The van der Waals surface area contributed by atoms with E-state index in [9.17, 15) is 4.21 Å². The zero-order valence-electron chi connectivity index (χ0n) is 8.69. The number of rotatable bonds is 6. The van der Waals surface area contributed by atoms with Crippen LogP contribution in [0.3, 0.4) is 0 Å². The standard InChI is InChI=1S/C9H17N3OS/c1-3-10-6-9-7-11-8-12(9)4-5-14(2)13/h7-8,10H,3-6H2,1-2H3. The molecule has 80 valence electrons. The first-order valence-electron chi connectivity index (χ1n) is 4.73. The van der Waals surface area contributed by atoms with Crippen LogP contribution in [-0.4, -0.2) is 32.3 Å². The average Bonchev–Trinajstić information content (AvgIpc) is 2.58. The molecule has 1 heterocycles. The van der Waals surface area contributed by atoms with E-state index in [-0.39, 0.29) is 0 Å². The summed E-state index contributed by atoms with van der Waals surface area (Å²) in [6, 6.07) is 0. The van der Waals surface area contributed by atoms with Crippen molar-refractivity contribution in [2.45, 2.75) is 20.0 Å². The van der Waals surface area contributed by atoms with Gasteiger partial charge in [0.1, 0.15) is 0 Å². The molecule has 0 fully saturated rings. The molecular formula is C9H17N3OS. The van der Waals surface area contributed by atoms with Crippen molar-refractivity contribution in [3.8, 4) is 0 Å². The van der Waals surface area contributed by atoms with Crippen LogP contribution in [0.5, 0.6) is 0 Å². The van der Waals surface area contributed by atoms with Crippen LogP contribution in [0.25, 0.3) is 0 Å². The molecule has 1 aromatic heterocycles. The van der Waals surface area contributed by atoms with Gasteiger partial charge in [0.2, 0.25) is 0 Å². The molecule has 0 amide bonds. The van der Waals surface area contributed by atoms with Gasteiger partial charge < -0.3 is 9.88 Å². The second-order valence-electron chi connectivity index (χ2n) is 3.14. The van der Waals surface area contributed by atoms with E-state index in [4.69, 9.17) is 0 Å². The Morgan fingerprint density at radius 1 is 1.64 bits per heavy atom. The van der Waals surface area contributed by atoms with E-state index in [1.807, 2.05) is 10.8 Å². The van der Waals surface area contributed by atoms with Gasteiger partial charge in [-0.25, -0.2) is 4.98 Å². The summed E-state index contributed by atoms with van der Waals surface area (Å²) in [5.74, 6) is 0.690. The number of hydrogen-bond acceptors (Lipinski definition) is 3. The van der Waals surface area contributed by atoms with Crippen molar-refractivity contribution in [2.75, 3.05) is 18.6 Å². The number of nitrogens with one attached hydrogen (secondary N) is 1. The van der Waals surface area contributed by atoms with Crippen molar-refractivity contribution in [3.63, 3.8) is 0 Å². The molecule has 0 aliphatic carbocycles. The van der Waals surface area contributed by atoms with Gasteiger partial charge in [0.15, 0.2) is 0 Å². The van der Waals surface area contributed by atoms with Crippen molar-refractivity contribution in [1.29, 1.82) is 0 Å². The summed E-state index contributed by atoms with van der Waals surface area (Å²) in [5, 5.41) is 3.24. The average molecular weight is 215 g/mol. The Hall–Kier alpha value is -0.680. The predicted octanol–water partition coefficient (Wildman–Crippen LogP) is 0.371. The Labute approximate surface area is 87.2 Å². The van der Waals surface area contributed by atoms with Gasteiger partial charge in [-0.05, 0) is 6.54 Å². The number of aromatic nitrogens is 2. The topological polar surface area (TPSA) is 46.9 Å². The van der Waals surface area contributed by atoms with Gasteiger partial charge in [-0.2, -0.15) is 0 Å². The molecule has 0 bridgehead atoms. The maximum Gasteiger partial charge on any atom is 0.0948 e. The molecule has 5 heteroatoms. The third-order valence-corrected chi connectivity index (χ3v) is 2.73. The molecule has 1 N–H and O–H groups in total. The summed E-state index contributed by atoms with van der Waals surface area (Å²) in [7, 11) is -0.733. The highest BCUT2D eigenvalue weighted by Crippen LogP contribution is 1.99. The fourth-order valence-corrected chi connectivity index (χ4v) is 1.63. The molecule has 14 heavy (non-hydrogen) atoms. The second kappa shape index (κ2) is 5.93. The zero-order valence-corrected chi connectivity index (χ0v) is 9.51. The minimum atomic E-state index is -0.733. The lowest BCUT2D eigenvalue weighted by molar-refractivity contribution is 0.640. The normalized spacial score (nSPS) is 13.0. The van der Waals surface area contributed by atoms with Crippen LogP contribution in [0.15, 0.2) is 12.5 Å². The molecule has 1 unspecified atom stereocenters. The van der Waals surface area contributed by atoms with Crippen LogP contribution in [0.1, 0.15) is 12.6 Å². The molecule has 1 aromatic rings. The third-order valence-electron chi connectivity index (χ3n) is 1.97. The molecule has 0 saturated heterocycles. The Morgan fingerprint density at radius 2 is 2.43 bits per heavy atom. The highest BCUT2D eigenvalue weighted by atomic mass is 32.2. The summed E-state index contributed by atoms with van der Waals surface area (Å²) in [5.41, 5.74) is 1.15. The first-order chi connectivity index (χ1) is 6.74. The second-order valence-corrected chi connectivity index (χ2v) is 4.69. The van der Waals surface area contributed by atoms with Gasteiger partial charge in [0, 0.05) is 42.1 Å². The summed E-state index contributed by atoms with van der Waals surface area (Å²) in [4.78, 5) is 4.08. The SMILES string of the molecule is CCNCc1cncn1CCS(C)=O. The number of imidazole rings is 1. The molecule has 0 saturated carbocycles. The number of hydrogen-bond donors (Lipinski definition) is 1. The summed E-state index contributed by atoms with van der Waals surface area (Å²) in [6.07, 6.45) is 5.36. The highest BCUT2D eigenvalue weighted by molar-refractivity contribution is 7.84. The smallest absolute Gasteiger partial charge is 0.0948 e. The lowest BCUT2D eigenvalue weighted by atomic mass is 10.4. The Kier molecular flexibility index (Phi) is 4.82. The molecule has 0 spiro atoms. The highest BCUT2D eigenvalue weighted by Gasteiger charge is 2.01. The molecule has 0 radical (unpaired) electrons. The molecular weight excluding hydrogens is 198 g/mol. The van der Waals surface area contributed by atoms with Crippen molar-refractivity contribution in [1.82, 2.24) is 14.9 Å². The van der Waals surface area contributed by atoms with E-state index in [1.165, 1.54) is 0 Å². The van der Waals surface area contributed by atoms with E-state index in [1.54, 1.807) is 12.6 Å². The van der Waals surface area contributed by atoms with Gasteiger partial charge in [-0.15, -0.1) is 0 Å². The van der Waals surface area contributed by atoms with Gasteiger partial charge in [0.05, 0.1) is 12.0 Å². The minimum absolute atomic E-state index is 0.690. The Morgan fingerprint density at radius 3 is 3.07 bits per heavy atom. The lowest BCUT2D eigenvalue weighted by Crippen LogP contribution is -2.16. The van der Waals surface area contributed by atoms with Crippen LogP contribution >= 0.6 is 0 Å². The van der Waals surface area contributed by atoms with Gasteiger partial charge in [-0.3, -0.25) is 4.21 Å². The molecule has 4 nitrogen and oxygen atoms in total. The van der Waals surface area contributed by atoms with Crippen molar-refractivity contribution < 1.29 is 4.21 Å². The first kappa shape index (κ1) is 11.4. The van der Waals surface area contributed by atoms with Crippen LogP contribution in [0.4, 0.5) is 0 Å². The van der Waals surface area contributed by atoms with E-state index in [0.717, 1.165) is 25.3 Å². The summed E-state index contributed by atoms with van der Waals surface area (Å²) in [6.45, 7) is 4.63. The predicted molar refractivity (Wildman–Crippen MR) is 58.5 cm³/mol. The van der Waals surface area contributed by atoms with Crippen molar-refractivity contribution >= 4 is 10.8 Å². The fourth-order valence-electron chi connectivity index (χ4n) is 1.18. The lowest BCUT2D eigenvalue weighted by Gasteiger charge is -2.06. The summed E-state index contributed by atoms with van der Waals surface area (Å²) >= 11 is 0. The number of aryl methyl sites for hydroxylation is 1. The number of nitrogens with zero attached hydrogens (tertiary/aromatic N) is 2. The Bertz CT molecular complexity index is 298. The van der Waals surface area contributed by atoms with Crippen LogP contribution in [0.2, 0.25) is 0 Å². The maximum atomic E-state index is 10.9. The van der Waals surface area contributed by atoms with Gasteiger partial charge in [-0.1, -0.05) is 6.92 Å². The zero-order chi connectivity index (χ0) is 10.4. The molecule has 1 atom stereocenters.